The van der Waals surface area contributed by atoms with Crippen molar-refractivity contribution >= 4 is 11.7 Å². The van der Waals surface area contributed by atoms with Gasteiger partial charge in [-0.25, -0.2) is 4.63 Å². The lowest BCUT2D eigenvalue weighted by atomic mass is 10.0. The SMILES string of the molecule is CC(C)[C@@H]1CN(C(=O)c2nonc2N)CCCN1. The molecule has 1 aliphatic rings. The van der Waals surface area contributed by atoms with Gasteiger partial charge in [0.2, 0.25) is 11.5 Å². The third-order valence-corrected chi connectivity index (χ3v) is 3.24. The first-order chi connectivity index (χ1) is 8.59. The van der Waals surface area contributed by atoms with Gasteiger partial charge in [0, 0.05) is 19.1 Å². The predicted molar refractivity (Wildman–Crippen MR) is 65.9 cm³/mol. The number of hydrogen-bond acceptors (Lipinski definition) is 6. The zero-order valence-corrected chi connectivity index (χ0v) is 10.7. The Labute approximate surface area is 106 Å². The number of carbonyl (C=O) groups excluding carboxylic acids is 1. The maximum Gasteiger partial charge on any atom is 0.280 e. The van der Waals surface area contributed by atoms with Crippen LogP contribution in [0.3, 0.4) is 0 Å². The van der Waals surface area contributed by atoms with Crippen molar-refractivity contribution in [2.45, 2.75) is 26.3 Å². The van der Waals surface area contributed by atoms with Crippen molar-refractivity contribution in [1.82, 2.24) is 20.5 Å². The minimum Gasteiger partial charge on any atom is -0.379 e. The Morgan fingerprint density at radius 3 is 2.94 bits per heavy atom. The molecular formula is C11H19N5O2. The van der Waals surface area contributed by atoms with Crippen LogP contribution in [0.15, 0.2) is 4.63 Å². The maximum atomic E-state index is 12.3. The zero-order chi connectivity index (χ0) is 13.1. The predicted octanol–water partition coefficient (Wildman–Crippen LogP) is 0.112. The molecule has 0 aromatic carbocycles. The summed E-state index contributed by atoms with van der Waals surface area (Å²) in [6, 6.07) is 0.289. The molecule has 1 aromatic heterocycles. The fourth-order valence-electron chi connectivity index (χ4n) is 2.08. The molecule has 2 rings (SSSR count). The van der Waals surface area contributed by atoms with Crippen LogP contribution in [0.1, 0.15) is 30.8 Å². The Bertz CT molecular complexity index is 417. The van der Waals surface area contributed by atoms with Crippen LogP contribution in [-0.2, 0) is 0 Å². The van der Waals surface area contributed by atoms with Crippen LogP contribution in [0.25, 0.3) is 0 Å². The molecule has 2 heterocycles. The first kappa shape index (κ1) is 12.8. The quantitative estimate of drug-likeness (QED) is 0.776. The van der Waals surface area contributed by atoms with E-state index in [-0.39, 0.29) is 23.5 Å². The lowest BCUT2D eigenvalue weighted by Crippen LogP contribution is -2.43. The molecular weight excluding hydrogens is 234 g/mol. The van der Waals surface area contributed by atoms with Gasteiger partial charge in [0.25, 0.3) is 5.91 Å². The highest BCUT2D eigenvalue weighted by Crippen LogP contribution is 2.13. The average molecular weight is 253 g/mol. The van der Waals surface area contributed by atoms with E-state index in [0.717, 1.165) is 13.0 Å². The lowest BCUT2D eigenvalue weighted by molar-refractivity contribution is 0.0735. The van der Waals surface area contributed by atoms with Crippen molar-refractivity contribution in [3.63, 3.8) is 0 Å². The van der Waals surface area contributed by atoms with Gasteiger partial charge in [-0.15, -0.1) is 0 Å². The van der Waals surface area contributed by atoms with E-state index in [2.05, 4.69) is 34.1 Å². The molecule has 7 nitrogen and oxygen atoms in total. The van der Waals surface area contributed by atoms with Crippen LogP contribution >= 0.6 is 0 Å². The minimum absolute atomic E-state index is 0.0540. The summed E-state index contributed by atoms with van der Waals surface area (Å²) < 4.78 is 4.47. The Morgan fingerprint density at radius 1 is 1.56 bits per heavy atom. The van der Waals surface area contributed by atoms with E-state index in [1.807, 2.05) is 0 Å². The number of nitrogens with two attached hydrogens (primary N) is 1. The first-order valence-corrected chi connectivity index (χ1v) is 6.20. The van der Waals surface area contributed by atoms with Crippen molar-refractivity contribution in [3.8, 4) is 0 Å². The van der Waals surface area contributed by atoms with Gasteiger partial charge < -0.3 is 16.0 Å². The minimum atomic E-state index is -0.205. The molecule has 1 aromatic rings. The molecule has 100 valence electrons. The van der Waals surface area contributed by atoms with Crippen LogP contribution in [-0.4, -0.2) is 46.8 Å². The van der Waals surface area contributed by atoms with E-state index >= 15 is 0 Å². The topological polar surface area (TPSA) is 97.3 Å². The molecule has 1 atom stereocenters. The molecule has 0 unspecified atom stereocenters. The van der Waals surface area contributed by atoms with Crippen molar-refractivity contribution in [1.29, 1.82) is 0 Å². The van der Waals surface area contributed by atoms with E-state index in [1.54, 1.807) is 4.90 Å². The van der Waals surface area contributed by atoms with Crippen LogP contribution in [0, 0.1) is 5.92 Å². The largest absolute Gasteiger partial charge is 0.379 e. The van der Waals surface area contributed by atoms with Gasteiger partial charge in [-0.05, 0) is 29.2 Å². The summed E-state index contributed by atoms with van der Waals surface area (Å²) in [4.78, 5) is 14.0. The van der Waals surface area contributed by atoms with E-state index in [0.29, 0.717) is 19.0 Å². The molecule has 3 N–H and O–H groups in total. The summed E-state index contributed by atoms with van der Waals surface area (Å²) in [7, 11) is 0. The Morgan fingerprint density at radius 2 is 2.33 bits per heavy atom. The fraction of sp³-hybridized carbons (Fsp3) is 0.727. The highest BCUT2D eigenvalue weighted by molar-refractivity contribution is 5.96. The second-order valence-electron chi connectivity index (χ2n) is 4.91. The van der Waals surface area contributed by atoms with Gasteiger partial charge in [0.15, 0.2) is 0 Å². The number of carbonyl (C=O) groups is 1. The standard InChI is InChI=1S/C11H19N5O2/c1-7(2)8-6-16(5-3-4-13-8)11(17)9-10(12)15-18-14-9/h7-8,13H,3-6H2,1-2H3,(H2,12,15)/t8-/m0/s1. The first-order valence-electron chi connectivity index (χ1n) is 6.20. The Hall–Kier alpha value is -1.63. The van der Waals surface area contributed by atoms with E-state index < -0.39 is 0 Å². The van der Waals surface area contributed by atoms with E-state index in [4.69, 9.17) is 5.73 Å². The van der Waals surface area contributed by atoms with E-state index in [1.165, 1.54) is 0 Å². The fourth-order valence-corrected chi connectivity index (χ4v) is 2.08. The second kappa shape index (κ2) is 5.34. The van der Waals surface area contributed by atoms with Crippen LogP contribution in [0.5, 0.6) is 0 Å². The summed E-state index contributed by atoms with van der Waals surface area (Å²) in [6.45, 7) is 6.54. The molecule has 0 saturated carbocycles. The van der Waals surface area contributed by atoms with Crippen molar-refractivity contribution in [3.05, 3.63) is 5.69 Å². The summed E-state index contributed by atoms with van der Waals surface area (Å²) in [5.74, 6) is 0.313. The third kappa shape index (κ3) is 2.61. The third-order valence-electron chi connectivity index (χ3n) is 3.24. The number of rotatable bonds is 2. The van der Waals surface area contributed by atoms with Crippen LogP contribution in [0.4, 0.5) is 5.82 Å². The molecule has 0 bridgehead atoms. The number of nitrogen functional groups attached to an aromatic ring is 1. The smallest absolute Gasteiger partial charge is 0.280 e. The number of nitrogens with one attached hydrogen (secondary N) is 1. The van der Waals surface area contributed by atoms with Gasteiger partial charge >= 0.3 is 0 Å². The maximum absolute atomic E-state index is 12.3. The highest BCUT2D eigenvalue weighted by Gasteiger charge is 2.27. The number of nitrogens with zero attached hydrogens (tertiary/aromatic N) is 3. The van der Waals surface area contributed by atoms with Crippen LogP contribution in [0.2, 0.25) is 0 Å². The Kier molecular flexibility index (Phi) is 3.81. The normalized spacial score (nSPS) is 21.1. The van der Waals surface area contributed by atoms with Gasteiger partial charge in [0.05, 0.1) is 0 Å². The Balaban J connectivity index is 2.11. The molecule has 1 amide bonds. The summed E-state index contributed by atoms with van der Waals surface area (Å²) in [6.07, 6.45) is 0.917. The number of anilines is 1. The molecule has 18 heavy (non-hydrogen) atoms. The number of amides is 1. The monoisotopic (exact) mass is 253 g/mol. The molecule has 1 fully saturated rings. The number of aromatic nitrogens is 2. The van der Waals surface area contributed by atoms with Gasteiger partial charge in [-0.2, -0.15) is 0 Å². The van der Waals surface area contributed by atoms with E-state index in [9.17, 15) is 4.79 Å². The zero-order valence-electron chi connectivity index (χ0n) is 10.7. The highest BCUT2D eigenvalue weighted by atomic mass is 16.6. The molecule has 1 aliphatic heterocycles. The summed E-state index contributed by atoms with van der Waals surface area (Å²) >= 11 is 0. The van der Waals surface area contributed by atoms with Gasteiger partial charge in [0.1, 0.15) is 0 Å². The van der Waals surface area contributed by atoms with Crippen LogP contribution < -0.4 is 11.1 Å². The van der Waals surface area contributed by atoms with Gasteiger partial charge in [-0.3, -0.25) is 4.79 Å². The lowest BCUT2D eigenvalue weighted by Gasteiger charge is -2.26. The van der Waals surface area contributed by atoms with Crippen molar-refractivity contribution in [2.24, 2.45) is 5.92 Å². The summed E-state index contributed by atoms with van der Waals surface area (Å²) in [5.41, 5.74) is 5.66. The average Bonchev–Trinajstić information content (AvgIpc) is 2.63. The molecule has 7 heteroatoms. The van der Waals surface area contributed by atoms with Crippen molar-refractivity contribution in [2.75, 3.05) is 25.4 Å². The van der Waals surface area contributed by atoms with Gasteiger partial charge in [-0.1, -0.05) is 13.8 Å². The molecule has 0 spiro atoms. The molecule has 1 saturated heterocycles. The number of hydrogen-bond donors (Lipinski definition) is 2. The van der Waals surface area contributed by atoms with Crippen molar-refractivity contribution < 1.29 is 9.42 Å². The second-order valence-corrected chi connectivity index (χ2v) is 4.91. The molecule has 0 aliphatic carbocycles. The molecule has 0 radical (unpaired) electrons. The summed E-state index contributed by atoms with van der Waals surface area (Å²) in [5, 5.41) is 10.4.